The van der Waals surface area contributed by atoms with Crippen LogP contribution < -0.4 is 4.72 Å². The second-order valence-electron chi connectivity index (χ2n) is 4.39. The molecule has 1 heterocycles. The van der Waals surface area contributed by atoms with Crippen LogP contribution in [-0.2, 0) is 23.2 Å². The zero-order valence-corrected chi connectivity index (χ0v) is 11.9. The van der Waals surface area contributed by atoms with Gasteiger partial charge in [-0.15, -0.1) is 0 Å². The molecule has 2 N–H and O–H groups in total. The van der Waals surface area contributed by atoms with Crippen molar-refractivity contribution < 1.29 is 13.5 Å². The van der Waals surface area contributed by atoms with Crippen molar-refractivity contribution in [3.63, 3.8) is 0 Å². The van der Waals surface area contributed by atoms with Gasteiger partial charge < -0.3 is 5.11 Å². The number of hydrogen-bond acceptors (Lipinski definition) is 4. The van der Waals surface area contributed by atoms with E-state index in [1.807, 2.05) is 13.0 Å². The average Bonchev–Trinajstić information content (AvgIpc) is 2.46. The number of aliphatic hydroxyl groups is 1. The second kappa shape index (κ2) is 6.13. The van der Waals surface area contributed by atoms with Crippen LogP contribution >= 0.6 is 0 Å². The van der Waals surface area contributed by atoms with Gasteiger partial charge in [-0.05, 0) is 35.7 Å². The Balaban J connectivity index is 2.22. The Morgan fingerprint density at radius 2 is 1.95 bits per heavy atom. The van der Waals surface area contributed by atoms with E-state index >= 15 is 0 Å². The summed E-state index contributed by atoms with van der Waals surface area (Å²) in [7, 11) is -3.66. The van der Waals surface area contributed by atoms with Crippen molar-refractivity contribution in [2.45, 2.75) is 25.0 Å². The maximum atomic E-state index is 12.3. The van der Waals surface area contributed by atoms with E-state index in [-0.39, 0.29) is 18.0 Å². The Morgan fingerprint density at radius 3 is 2.65 bits per heavy atom. The van der Waals surface area contributed by atoms with Gasteiger partial charge in [0.1, 0.15) is 0 Å². The molecule has 0 unspecified atom stereocenters. The SMILES string of the molecule is Cc1ccncc1CNS(=O)(=O)c1ccccc1CO. The molecule has 1 aromatic carbocycles. The number of nitrogens with one attached hydrogen (secondary N) is 1. The number of aromatic nitrogens is 1. The molecule has 0 saturated carbocycles. The topological polar surface area (TPSA) is 79.3 Å². The molecule has 0 saturated heterocycles. The van der Waals surface area contributed by atoms with E-state index in [0.717, 1.165) is 11.1 Å². The lowest BCUT2D eigenvalue weighted by molar-refractivity contribution is 0.278. The Labute approximate surface area is 118 Å². The van der Waals surface area contributed by atoms with Gasteiger partial charge in [0.2, 0.25) is 10.0 Å². The summed E-state index contributed by atoms with van der Waals surface area (Å²) < 4.78 is 27.0. The van der Waals surface area contributed by atoms with Crippen LogP contribution in [0, 0.1) is 6.92 Å². The summed E-state index contributed by atoms with van der Waals surface area (Å²) in [4.78, 5) is 4.08. The van der Waals surface area contributed by atoms with Gasteiger partial charge in [0.15, 0.2) is 0 Å². The van der Waals surface area contributed by atoms with Crippen LogP contribution in [0.1, 0.15) is 16.7 Å². The fourth-order valence-corrected chi connectivity index (χ4v) is 3.07. The maximum Gasteiger partial charge on any atom is 0.241 e. The highest BCUT2D eigenvalue weighted by Gasteiger charge is 2.17. The third-order valence-corrected chi connectivity index (χ3v) is 4.53. The number of benzene rings is 1. The van der Waals surface area contributed by atoms with Crippen LogP contribution in [0.5, 0.6) is 0 Å². The molecule has 5 nitrogen and oxygen atoms in total. The van der Waals surface area contributed by atoms with Gasteiger partial charge in [0, 0.05) is 18.9 Å². The van der Waals surface area contributed by atoms with E-state index in [9.17, 15) is 13.5 Å². The average molecular weight is 292 g/mol. The number of nitrogens with zero attached hydrogens (tertiary/aromatic N) is 1. The third kappa shape index (κ3) is 3.22. The molecule has 0 bridgehead atoms. The van der Waals surface area contributed by atoms with Gasteiger partial charge in [0.05, 0.1) is 11.5 Å². The number of pyridine rings is 1. The number of hydrogen-bond donors (Lipinski definition) is 2. The van der Waals surface area contributed by atoms with E-state index in [1.54, 1.807) is 30.6 Å². The van der Waals surface area contributed by atoms with Gasteiger partial charge in [-0.1, -0.05) is 18.2 Å². The van der Waals surface area contributed by atoms with Crippen molar-refractivity contribution in [2.75, 3.05) is 0 Å². The molecular weight excluding hydrogens is 276 g/mol. The zero-order valence-electron chi connectivity index (χ0n) is 11.1. The predicted molar refractivity (Wildman–Crippen MR) is 75.4 cm³/mol. The maximum absolute atomic E-state index is 12.3. The molecule has 0 aliphatic carbocycles. The lowest BCUT2D eigenvalue weighted by Gasteiger charge is -2.11. The third-order valence-electron chi connectivity index (χ3n) is 3.03. The van der Waals surface area contributed by atoms with Crippen LogP contribution in [0.2, 0.25) is 0 Å². The lowest BCUT2D eigenvalue weighted by atomic mass is 10.2. The van der Waals surface area contributed by atoms with Crippen LogP contribution in [0.15, 0.2) is 47.6 Å². The van der Waals surface area contributed by atoms with E-state index in [4.69, 9.17) is 0 Å². The molecule has 2 aromatic rings. The van der Waals surface area contributed by atoms with E-state index in [2.05, 4.69) is 9.71 Å². The highest BCUT2D eigenvalue weighted by atomic mass is 32.2. The zero-order chi connectivity index (χ0) is 14.6. The largest absolute Gasteiger partial charge is 0.392 e. The van der Waals surface area contributed by atoms with Crippen LogP contribution in [0.4, 0.5) is 0 Å². The number of rotatable bonds is 5. The summed E-state index contributed by atoms with van der Waals surface area (Å²) in [6.45, 7) is 1.75. The van der Waals surface area contributed by atoms with Crippen molar-refractivity contribution >= 4 is 10.0 Å². The summed E-state index contributed by atoms with van der Waals surface area (Å²) in [5.41, 5.74) is 2.17. The molecule has 0 amide bonds. The van der Waals surface area contributed by atoms with Gasteiger partial charge in [-0.2, -0.15) is 0 Å². The van der Waals surface area contributed by atoms with E-state index in [1.165, 1.54) is 6.07 Å². The molecular formula is C14H16N2O3S. The van der Waals surface area contributed by atoms with Gasteiger partial charge in [-0.25, -0.2) is 13.1 Å². The lowest BCUT2D eigenvalue weighted by Crippen LogP contribution is -2.24. The van der Waals surface area contributed by atoms with Crippen molar-refractivity contribution in [3.8, 4) is 0 Å². The van der Waals surface area contributed by atoms with Crippen molar-refractivity contribution in [1.29, 1.82) is 0 Å². The summed E-state index contributed by atoms with van der Waals surface area (Å²) in [6, 6.07) is 8.21. The van der Waals surface area contributed by atoms with Crippen molar-refractivity contribution in [1.82, 2.24) is 9.71 Å². The Bertz CT molecular complexity index is 699. The van der Waals surface area contributed by atoms with Crippen LogP contribution in [0.3, 0.4) is 0 Å². The highest BCUT2D eigenvalue weighted by Crippen LogP contribution is 2.16. The molecule has 6 heteroatoms. The summed E-state index contributed by atoms with van der Waals surface area (Å²) >= 11 is 0. The monoisotopic (exact) mass is 292 g/mol. The van der Waals surface area contributed by atoms with Gasteiger partial charge in [0.25, 0.3) is 0 Å². The standard InChI is InChI=1S/C14H16N2O3S/c1-11-6-7-15-8-13(11)9-16-20(18,19)14-5-3-2-4-12(14)10-17/h2-8,16-17H,9-10H2,1H3. The number of aryl methyl sites for hydroxylation is 1. The fraction of sp³-hybridized carbons (Fsp3) is 0.214. The minimum absolute atomic E-state index is 0.101. The van der Waals surface area contributed by atoms with Crippen molar-refractivity contribution in [3.05, 3.63) is 59.4 Å². The number of aliphatic hydroxyl groups excluding tert-OH is 1. The smallest absolute Gasteiger partial charge is 0.241 e. The Morgan fingerprint density at radius 1 is 1.20 bits per heavy atom. The normalized spacial score (nSPS) is 11.5. The minimum Gasteiger partial charge on any atom is -0.392 e. The van der Waals surface area contributed by atoms with Crippen molar-refractivity contribution in [2.24, 2.45) is 0 Å². The Kier molecular flexibility index (Phi) is 4.49. The van der Waals surface area contributed by atoms with Gasteiger partial charge in [-0.3, -0.25) is 4.98 Å². The summed E-state index contributed by atoms with van der Waals surface area (Å²) in [5.74, 6) is 0. The molecule has 0 fully saturated rings. The van der Waals surface area contributed by atoms with Crippen LogP contribution in [-0.4, -0.2) is 18.5 Å². The van der Waals surface area contributed by atoms with Gasteiger partial charge >= 0.3 is 0 Å². The van der Waals surface area contributed by atoms with Crippen LogP contribution in [0.25, 0.3) is 0 Å². The first-order chi connectivity index (χ1) is 9.54. The first kappa shape index (κ1) is 14.6. The van der Waals surface area contributed by atoms with E-state index in [0.29, 0.717) is 5.56 Å². The number of sulfonamides is 1. The molecule has 0 aliphatic heterocycles. The summed E-state index contributed by atoms with van der Waals surface area (Å²) in [5, 5.41) is 9.21. The molecule has 0 radical (unpaired) electrons. The Hall–Kier alpha value is -1.76. The molecule has 0 spiro atoms. The second-order valence-corrected chi connectivity index (χ2v) is 6.13. The fourth-order valence-electron chi connectivity index (χ4n) is 1.83. The first-order valence-corrected chi connectivity index (χ1v) is 7.61. The molecule has 0 aliphatic rings. The molecule has 1 aromatic heterocycles. The highest BCUT2D eigenvalue weighted by molar-refractivity contribution is 7.89. The molecule has 20 heavy (non-hydrogen) atoms. The molecule has 2 rings (SSSR count). The first-order valence-electron chi connectivity index (χ1n) is 6.12. The summed E-state index contributed by atoms with van der Waals surface area (Å²) in [6.07, 6.45) is 3.30. The molecule has 106 valence electrons. The molecule has 0 atom stereocenters. The quantitative estimate of drug-likeness (QED) is 0.872. The predicted octanol–water partition coefficient (Wildman–Crippen LogP) is 1.36. The minimum atomic E-state index is -3.66. The van der Waals surface area contributed by atoms with E-state index < -0.39 is 10.0 Å².